The molecule has 0 aromatic rings. The number of hydrogen-bond acceptors (Lipinski definition) is 6. The molecule has 0 spiro atoms. The molecule has 0 aromatic heterocycles. The molecule has 6 nitrogen and oxygen atoms in total. The van der Waals surface area contributed by atoms with E-state index in [2.05, 4.69) is 33.9 Å². The molecule has 1 rings (SSSR count). The molecule has 0 amide bonds. The summed E-state index contributed by atoms with van der Waals surface area (Å²) < 4.78 is 21.3. The minimum Gasteiger partial charge on any atom is -0.547 e. The highest BCUT2D eigenvalue weighted by atomic mass is 28.4. The highest BCUT2D eigenvalue weighted by Crippen LogP contribution is 2.45. The number of hydrogen-bond donors (Lipinski definition) is 0. The normalized spacial score (nSPS) is 20.7. The first-order chi connectivity index (χ1) is 10.5. The van der Waals surface area contributed by atoms with Crippen LogP contribution in [0, 0.1) is 5.41 Å². The molecule has 0 bridgehead atoms. The molecule has 23 heavy (non-hydrogen) atoms. The van der Waals surface area contributed by atoms with Gasteiger partial charge in [-0.15, -0.1) is 0 Å². The summed E-state index contributed by atoms with van der Waals surface area (Å²) in [5.41, 5.74) is -1.55. The molecular weight excluding hydrogens is 316 g/mol. The average molecular weight is 344 g/mol. The van der Waals surface area contributed by atoms with Gasteiger partial charge < -0.3 is 18.6 Å². The van der Waals surface area contributed by atoms with Gasteiger partial charge in [0.1, 0.15) is 6.10 Å². The minimum absolute atomic E-state index is 0.00180. The fraction of sp³-hybridized carbons (Fsp3) is 0.750. The summed E-state index contributed by atoms with van der Waals surface area (Å²) in [6.07, 6.45) is 0.994. The van der Waals surface area contributed by atoms with Gasteiger partial charge in [0.2, 0.25) is 13.7 Å². The lowest BCUT2D eigenvalue weighted by molar-refractivity contribution is -0.176. The summed E-state index contributed by atoms with van der Waals surface area (Å²) in [6.45, 7) is 10.6. The van der Waals surface area contributed by atoms with Gasteiger partial charge in [-0.25, -0.2) is 0 Å². The zero-order valence-corrected chi connectivity index (χ0v) is 16.3. The number of rotatable bonds is 5. The van der Waals surface area contributed by atoms with Crippen molar-refractivity contribution < 1.29 is 28.2 Å². The van der Waals surface area contributed by atoms with Crippen molar-refractivity contribution in [1.82, 2.24) is 0 Å². The van der Waals surface area contributed by atoms with Crippen LogP contribution in [0.15, 0.2) is 11.8 Å². The van der Waals surface area contributed by atoms with E-state index >= 15 is 0 Å². The van der Waals surface area contributed by atoms with E-state index in [0.717, 1.165) is 0 Å². The maximum Gasteiger partial charge on any atom is 0.326 e. The Kier molecular flexibility index (Phi) is 5.69. The third-order valence-electron chi connectivity index (χ3n) is 4.82. The molecule has 0 saturated carbocycles. The van der Waals surface area contributed by atoms with E-state index in [1.165, 1.54) is 21.3 Å². The molecule has 1 aliphatic rings. The Morgan fingerprint density at radius 1 is 1.13 bits per heavy atom. The van der Waals surface area contributed by atoms with E-state index in [0.29, 0.717) is 5.76 Å². The number of ether oxygens (including phenoxy) is 3. The van der Waals surface area contributed by atoms with Crippen LogP contribution in [0.3, 0.4) is 0 Å². The molecule has 0 fully saturated rings. The van der Waals surface area contributed by atoms with Gasteiger partial charge >= 0.3 is 11.9 Å². The Labute approximate surface area is 139 Å². The first kappa shape index (κ1) is 19.7. The first-order valence-corrected chi connectivity index (χ1v) is 10.5. The summed E-state index contributed by atoms with van der Waals surface area (Å²) >= 11 is 0. The lowest BCUT2D eigenvalue weighted by Gasteiger charge is -2.37. The topological polar surface area (TPSA) is 71.1 Å². The van der Waals surface area contributed by atoms with Crippen LogP contribution in [0.5, 0.6) is 0 Å². The predicted molar refractivity (Wildman–Crippen MR) is 88.2 cm³/mol. The molecule has 0 saturated heterocycles. The van der Waals surface area contributed by atoms with Crippen molar-refractivity contribution in [2.45, 2.75) is 51.4 Å². The summed E-state index contributed by atoms with van der Waals surface area (Å²) in [7, 11) is 1.83. The van der Waals surface area contributed by atoms with Gasteiger partial charge in [0.15, 0.2) is 0 Å². The SMILES string of the molecule is COC(=O)C1(C(=O)OC)CC(O[Si](C)(C)C(C)(C)C)=CC1OC. The van der Waals surface area contributed by atoms with E-state index in [9.17, 15) is 9.59 Å². The fourth-order valence-corrected chi connectivity index (χ4v) is 3.49. The number of carbonyl (C=O) groups is 2. The molecule has 0 aromatic carbocycles. The third kappa shape index (κ3) is 3.45. The van der Waals surface area contributed by atoms with Gasteiger partial charge in [-0.1, -0.05) is 20.8 Å². The van der Waals surface area contributed by atoms with Crippen molar-refractivity contribution in [3.63, 3.8) is 0 Å². The molecule has 0 N–H and O–H groups in total. The molecule has 7 heteroatoms. The van der Waals surface area contributed by atoms with Crippen molar-refractivity contribution in [3.8, 4) is 0 Å². The van der Waals surface area contributed by atoms with Crippen molar-refractivity contribution in [1.29, 1.82) is 0 Å². The Hall–Kier alpha value is -1.34. The molecule has 0 aliphatic heterocycles. The maximum atomic E-state index is 12.3. The van der Waals surface area contributed by atoms with Crippen LogP contribution < -0.4 is 0 Å². The van der Waals surface area contributed by atoms with Crippen LogP contribution in [-0.2, 0) is 28.2 Å². The Bertz CT molecular complexity index is 487. The average Bonchev–Trinajstić information content (AvgIpc) is 2.83. The molecule has 1 aliphatic carbocycles. The van der Waals surface area contributed by atoms with Crippen LogP contribution in [0.2, 0.25) is 18.1 Å². The van der Waals surface area contributed by atoms with Gasteiger partial charge in [0.25, 0.3) is 0 Å². The third-order valence-corrected chi connectivity index (χ3v) is 9.21. The second kappa shape index (κ2) is 6.65. The standard InChI is InChI=1S/C16H28O6Si/c1-15(2,3)23(7,8)22-11-9-12(19-4)16(10-11,13(17)20-5)14(18)21-6/h9,12H,10H2,1-8H3. The zero-order chi connectivity index (χ0) is 18.1. The molecular formula is C16H28O6Si. The van der Waals surface area contributed by atoms with Gasteiger partial charge in [0, 0.05) is 13.5 Å². The van der Waals surface area contributed by atoms with Gasteiger partial charge in [-0.2, -0.15) is 0 Å². The summed E-state index contributed by atoms with van der Waals surface area (Å²) in [4.78, 5) is 24.7. The monoisotopic (exact) mass is 344 g/mol. The number of carbonyl (C=O) groups excluding carboxylic acids is 2. The smallest absolute Gasteiger partial charge is 0.326 e. The molecule has 0 heterocycles. The second-order valence-corrected chi connectivity index (χ2v) is 12.0. The summed E-state index contributed by atoms with van der Waals surface area (Å²) in [5, 5.41) is -0.00180. The lowest BCUT2D eigenvalue weighted by Crippen LogP contribution is -2.48. The summed E-state index contributed by atoms with van der Waals surface area (Å²) in [6, 6.07) is 0. The zero-order valence-electron chi connectivity index (χ0n) is 15.3. The Balaban J connectivity index is 3.19. The predicted octanol–water partition coefficient (Wildman–Crippen LogP) is 2.64. The molecule has 1 unspecified atom stereocenters. The van der Waals surface area contributed by atoms with Crippen LogP contribution in [0.1, 0.15) is 27.2 Å². The van der Waals surface area contributed by atoms with Gasteiger partial charge in [-0.05, 0) is 24.2 Å². The fourth-order valence-electron chi connectivity index (χ4n) is 2.39. The van der Waals surface area contributed by atoms with Crippen molar-refractivity contribution in [2.24, 2.45) is 5.41 Å². The Morgan fingerprint density at radius 3 is 1.96 bits per heavy atom. The van der Waals surface area contributed by atoms with Crippen LogP contribution in [-0.4, -0.2) is 47.7 Å². The van der Waals surface area contributed by atoms with E-state index in [1.807, 2.05) is 0 Å². The van der Waals surface area contributed by atoms with Gasteiger partial charge in [0.05, 0.1) is 20.0 Å². The Morgan fingerprint density at radius 2 is 1.61 bits per heavy atom. The van der Waals surface area contributed by atoms with Crippen LogP contribution in [0.25, 0.3) is 0 Å². The highest BCUT2D eigenvalue weighted by molar-refractivity contribution is 6.74. The highest BCUT2D eigenvalue weighted by Gasteiger charge is 2.59. The van der Waals surface area contributed by atoms with Crippen LogP contribution >= 0.6 is 0 Å². The van der Waals surface area contributed by atoms with Crippen LogP contribution in [0.4, 0.5) is 0 Å². The molecule has 0 radical (unpaired) electrons. The van der Waals surface area contributed by atoms with E-state index in [1.54, 1.807) is 6.08 Å². The van der Waals surface area contributed by atoms with Crippen molar-refractivity contribution >= 4 is 20.3 Å². The lowest BCUT2D eigenvalue weighted by atomic mass is 9.83. The first-order valence-electron chi connectivity index (χ1n) is 7.55. The summed E-state index contributed by atoms with van der Waals surface area (Å²) in [5.74, 6) is -0.776. The quantitative estimate of drug-likeness (QED) is 0.434. The second-order valence-electron chi connectivity index (χ2n) is 7.28. The van der Waals surface area contributed by atoms with Gasteiger partial charge in [-0.3, -0.25) is 9.59 Å². The molecule has 1 atom stereocenters. The van der Waals surface area contributed by atoms with E-state index in [-0.39, 0.29) is 11.5 Å². The van der Waals surface area contributed by atoms with E-state index < -0.39 is 31.8 Å². The largest absolute Gasteiger partial charge is 0.547 e. The minimum atomic E-state index is -2.09. The van der Waals surface area contributed by atoms with Crippen molar-refractivity contribution in [3.05, 3.63) is 11.8 Å². The van der Waals surface area contributed by atoms with E-state index in [4.69, 9.17) is 18.6 Å². The van der Waals surface area contributed by atoms with Crippen molar-refractivity contribution in [2.75, 3.05) is 21.3 Å². The maximum absolute atomic E-state index is 12.3. The number of allylic oxidation sites excluding steroid dienone is 1. The number of methoxy groups -OCH3 is 3. The molecule has 132 valence electrons. The number of esters is 2.